The Bertz CT molecular complexity index is 1810. The van der Waals surface area contributed by atoms with Crippen molar-refractivity contribution in [2.45, 2.75) is 36.7 Å². The summed E-state index contributed by atoms with van der Waals surface area (Å²) in [5.74, 6) is -2.99. The van der Waals surface area contributed by atoms with Gasteiger partial charge in [0, 0.05) is 31.1 Å². The number of aliphatic carboxylic acids is 1. The summed E-state index contributed by atoms with van der Waals surface area (Å²) in [4.78, 5) is 26.2. The van der Waals surface area contributed by atoms with Crippen LogP contribution in [-0.2, 0) is 21.2 Å². The SMILES string of the molecule is Cc1ccc(-c2ccc(C(=O)NC(Cc3ccc(N4CC[C@H](NS(=O)(=O)c5ccc(F)c(Cl)c5)C4)c(F)c3)C(=O)O)o2)cc1. The van der Waals surface area contributed by atoms with Crippen LogP contribution < -0.4 is 14.9 Å². The Morgan fingerprint density at radius 1 is 1.05 bits per heavy atom. The molecule has 2 atom stereocenters. The molecule has 3 N–H and O–H groups in total. The summed E-state index contributed by atoms with van der Waals surface area (Å²) >= 11 is 5.72. The van der Waals surface area contributed by atoms with Crippen molar-refractivity contribution in [1.82, 2.24) is 10.0 Å². The zero-order chi connectivity index (χ0) is 31.6. The molecule has 5 rings (SSSR count). The van der Waals surface area contributed by atoms with Crippen molar-refractivity contribution in [3.63, 3.8) is 0 Å². The number of sulfonamides is 1. The summed E-state index contributed by atoms with van der Waals surface area (Å²) < 4.78 is 62.3. The number of halogens is 3. The smallest absolute Gasteiger partial charge is 0.326 e. The van der Waals surface area contributed by atoms with E-state index in [1.54, 1.807) is 17.0 Å². The zero-order valence-electron chi connectivity index (χ0n) is 23.4. The first kappa shape index (κ1) is 31.2. The Morgan fingerprint density at radius 3 is 2.48 bits per heavy atom. The first-order valence-electron chi connectivity index (χ1n) is 13.6. The predicted molar refractivity (Wildman–Crippen MR) is 160 cm³/mol. The Kier molecular flexibility index (Phi) is 9.05. The van der Waals surface area contributed by atoms with Crippen molar-refractivity contribution < 1.29 is 36.3 Å². The van der Waals surface area contributed by atoms with E-state index in [9.17, 15) is 27.5 Å². The fourth-order valence-electron chi connectivity index (χ4n) is 4.94. The molecule has 44 heavy (non-hydrogen) atoms. The first-order chi connectivity index (χ1) is 20.9. The van der Waals surface area contributed by atoms with Crippen molar-refractivity contribution in [3.8, 4) is 11.3 Å². The Balaban J connectivity index is 1.21. The van der Waals surface area contributed by atoms with Gasteiger partial charge in [-0.05, 0) is 61.4 Å². The third-order valence-corrected chi connectivity index (χ3v) is 9.08. The molecule has 2 heterocycles. The molecule has 1 saturated heterocycles. The number of hydrogen-bond donors (Lipinski definition) is 3. The van der Waals surface area contributed by atoms with Crippen LogP contribution >= 0.6 is 11.6 Å². The van der Waals surface area contributed by atoms with E-state index in [-0.39, 0.29) is 34.3 Å². The minimum absolute atomic E-state index is 0.0601. The normalized spacial score (nSPS) is 15.7. The van der Waals surface area contributed by atoms with E-state index in [0.29, 0.717) is 24.3 Å². The summed E-state index contributed by atoms with van der Waals surface area (Å²) in [6.07, 6.45) is 0.202. The van der Waals surface area contributed by atoms with Gasteiger partial charge in [0.25, 0.3) is 5.91 Å². The van der Waals surface area contributed by atoms with Crippen LogP contribution in [0, 0.1) is 18.6 Å². The molecule has 13 heteroatoms. The fourth-order valence-corrected chi connectivity index (χ4v) is 6.47. The van der Waals surface area contributed by atoms with Gasteiger partial charge < -0.3 is 19.7 Å². The largest absolute Gasteiger partial charge is 0.480 e. The molecule has 1 unspecified atom stereocenters. The maximum Gasteiger partial charge on any atom is 0.326 e. The summed E-state index contributed by atoms with van der Waals surface area (Å²) in [5, 5.41) is 11.9. The van der Waals surface area contributed by atoms with Crippen LogP contribution in [0.4, 0.5) is 14.5 Å². The molecule has 1 aliphatic heterocycles. The maximum atomic E-state index is 15.2. The first-order valence-corrected chi connectivity index (χ1v) is 15.5. The summed E-state index contributed by atoms with van der Waals surface area (Å²) in [6.45, 7) is 2.47. The maximum absolute atomic E-state index is 15.2. The van der Waals surface area contributed by atoms with Gasteiger partial charge in [0.15, 0.2) is 5.76 Å². The third-order valence-electron chi connectivity index (χ3n) is 7.27. The standard InChI is InChI=1S/C31H28ClF2N3O6S/c1-18-2-5-20(6-3-18)28-10-11-29(43-28)30(38)35-26(31(39)40)15-19-4-9-27(25(34)14-19)37-13-12-21(17-37)36-44(41,42)22-7-8-24(33)23(32)16-22/h2-11,14,16,21,26,36H,12-13,15,17H2,1H3,(H,35,38)(H,39,40)/t21-,26?/m0/s1. The number of rotatable bonds is 10. The van der Waals surface area contributed by atoms with Gasteiger partial charge in [0.05, 0.1) is 15.6 Å². The Labute approximate surface area is 257 Å². The van der Waals surface area contributed by atoms with Crippen LogP contribution in [0.15, 0.2) is 82.1 Å². The van der Waals surface area contributed by atoms with E-state index >= 15 is 4.39 Å². The average Bonchev–Trinajstić information content (AvgIpc) is 3.65. The van der Waals surface area contributed by atoms with Crippen molar-refractivity contribution in [2.75, 3.05) is 18.0 Å². The van der Waals surface area contributed by atoms with E-state index in [1.165, 1.54) is 18.2 Å². The van der Waals surface area contributed by atoms with Crippen molar-refractivity contribution in [1.29, 1.82) is 0 Å². The Hall–Kier alpha value is -4.26. The summed E-state index contributed by atoms with van der Waals surface area (Å²) in [6, 6.07) is 16.0. The van der Waals surface area contributed by atoms with E-state index in [1.807, 2.05) is 31.2 Å². The van der Waals surface area contributed by atoms with Gasteiger partial charge in [-0.1, -0.05) is 47.5 Å². The van der Waals surface area contributed by atoms with Gasteiger partial charge >= 0.3 is 5.97 Å². The van der Waals surface area contributed by atoms with Crippen LogP contribution in [0.3, 0.4) is 0 Å². The molecular formula is C31H28ClF2N3O6S. The lowest BCUT2D eigenvalue weighted by Crippen LogP contribution is -2.42. The van der Waals surface area contributed by atoms with Gasteiger partial charge in [0.2, 0.25) is 10.0 Å². The van der Waals surface area contributed by atoms with E-state index in [0.717, 1.165) is 29.3 Å². The molecule has 0 aliphatic carbocycles. The second-order valence-electron chi connectivity index (χ2n) is 10.5. The molecule has 230 valence electrons. The molecule has 0 spiro atoms. The van der Waals surface area contributed by atoms with Crippen LogP contribution in [0.25, 0.3) is 11.3 Å². The van der Waals surface area contributed by atoms with Crippen LogP contribution in [0.5, 0.6) is 0 Å². The summed E-state index contributed by atoms with van der Waals surface area (Å²) in [7, 11) is -3.99. The second kappa shape index (κ2) is 12.8. The highest BCUT2D eigenvalue weighted by Crippen LogP contribution is 2.27. The number of nitrogens with one attached hydrogen (secondary N) is 2. The minimum atomic E-state index is -3.99. The second-order valence-corrected chi connectivity index (χ2v) is 12.6. The van der Waals surface area contributed by atoms with Crippen LogP contribution in [-0.4, -0.2) is 50.6 Å². The number of carbonyl (C=O) groups excluding carboxylic acids is 1. The van der Waals surface area contributed by atoms with Crippen molar-refractivity contribution >= 4 is 39.2 Å². The van der Waals surface area contributed by atoms with Gasteiger partial charge in [-0.3, -0.25) is 4.79 Å². The molecule has 9 nitrogen and oxygen atoms in total. The minimum Gasteiger partial charge on any atom is -0.480 e. The molecule has 4 aromatic rings. The third kappa shape index (κ3) is 7.09. The molecular weight excluding hydrogens is 616 g/mol. The van der Waals surface area contributed by atoms with E-state index in [4.69, 9.17) is 16.0 Å². The van der Waals surface area contributed by atoms with Gasteiger partial charge in [-0.25, -0.2) is 26.7 Å². The van der Waals surface area contributed by atoms with Crippen LogP contribution in [0.1, 0.15) is 28.1 Å². The topological polar surface area (TPSA) is 129 Å². The molecule has 1 fully saturated rings. The predicted octanol–water partition coefficient (Wildman–Crippen LogP) is 5.17. The fraction of sp³-hybridized carbons (Fsp3) is 0.226. The number of benzene rings is 3. The number of aryl methyl sites for hydroxylation is 1. The van der Waals surface area contributed by atoms with Crippen LogP contribution in [0.2, 0.25) is 5.02 Å². The molecule has 0 saturated carbocycles. The van der Waals surface area contributed by atoms with Gasteiger partial charge in [-0.2, -0.15) is 0 Å². The highest BCUT2D eigenvalue weighted by Gasteiger charge is 2.30. The quantitative estimate of drug-likeness (QED) is 0.218. The Morgan fingerprint density at radius 2 is 1.80 bits per heavy atom. The lowest BCUT2D eigenvalue weighted by Gasteiger charge is -2.21. The highest BCUT2D eigenvalue weighted by molar-refractivity contribution is 7.89. The number of anilines is 1. The molecule has 1 aliphatic rings. The number of carboxylic acids is 1. The van der Waals surface area contributed by atoms with Gasteiger partial charge in [0.1, 0.15) is 23.4 Å². The van der Waals surface area contributed by atoms with Gasteiger partial charge in [-0.15, -0.1) is 0 Å². The lowest BCUT2D eigenvalue weighted by atomic mass is 10.0. The molecule has 1 aromatic heterocycles. The number of amides is 1. The molecule has 1 amide bonds. The molecule has 0 bridgehead atoms. The number of carbonyl (C=O) groups is 2. The number of nitrogens with zero attached hydrogens (tertiary/aromatic N) is 1. The number of hydrogen-bond acceptors (Lipinski definition) is 6. The summed E-state index contributed by atoms with van der Waals surface area (Å²) in [5.41, 5.74) is 2.38. The highest BCUT2D eigenvalue weighted by atomic mass is 35.5. The van der Waals surface area contributed by atoms with Crippen molar-refractivity contribution in [3.05, 3.63) is 106 Å². The lowest BCUT2D eigenvalue weighted by molar-refractivity contribution is -0.139. The van der Waals surface area contributed by atoms with E-state index in [2.05, 4.69) is 10.0 Å². The number of furan rings is 1. The zero-order valence-corrected chi connectivity index (χ0v) is 25.0. The number of carboxylic acid groups (broad SMARTS) is 1. The average molecular weight is 644 g/mol. The molecule has 0 radical (unpaired) electrons. The monoisotopic (exact) mass is 643 g/mol. The molecule has 3 aromatic carbocycles. The van der Waals surface area contributed by atoms with E-state index < -0.39 is 45.6 Å². The van der Waals surface area contributed by atoms with Crippen molar-refractivity contribution in [2.24, 2.45) is 0 Å².